The molecule has 0 bridgehead atoms. The summed E-state index contributed by atoms with van der Waals surface area (Å²) in [6, 6.07) is 6.54. The quantitative estimate of drug-likeness (QED) is 0.0144. The summed E-state index contributed by atoms with van der Waals surface area (Å²) in [7, 11) is -8.57. The van der Waals surface area contributed by atoms with Crippen molar-refractivity contribution in [1.29, 1.82) is 0 Å². The molecule has 0 aliphatic heterocycles. The summed E-state index contributed by atoms with van der Waals surface area (Å²) in [6.07, 6.45) is 0. The molecule has 0 radical (unpaired) electrons. The normalized spacial score (nSPS) is 11.3. The van der Waals surface area contributed by atoms with Crippen LogP contribution in [-0.2, 0) is 43.4 Å². The molecule has 0 spiro atoms. The Balaban J connectivity index is 0.00000768. The van der Waals surface area contributed by atoms with Crippen LogP contribution < -0.4 is 116 Å². The minimum atomic E-state index is -5.16. The van der Waals surface area contributed by atoms with E-state index >= 15 is 0 Å². The third-order valence-corrected chi connectivity index (χ3v) is 8.82. The predicted octanol–water partition coefficient (Wildman–Crippen LogP) is -7.38. The molecule has 0 aliphatic rings. The fourth-order valence-electron chi connectivity index (χ4n) is 3.54. The van der Waals surface area contributed by atoms with E-state index in [1.165, 1.54) is 24.3 Å². The second-order valence-corrected chi connectivity index (χ2v) is 13.4. The number of nitrogens with zero attached hydrogens (tertiary/aromatic N) is 2. The van der Waals surface area contributed by atoms with Gasteiger partial charge in [0, 0.05) is 22.5 Å². The van der Waals surface area contributed by atoms with Crippen LogP contribution in [0.4, 0.5) is 27.5 Å². The molecule has 0 atom stereocenters. The summed E-state index contributed by atoms with van der Waals surface area (Å²) in [5.41, 5.74) is 5.02. The maximum atomic E-state index is 12.3. The largest absolute Gasteiger partial charge is 1.00 e. The monoisotopic (exact) mass is 789 g/mol. The van der Waals surface area contributed by atoms with Crippen molar-refractivity contribution in [3.8, 4) is 5.75 Å². The van der Waals surface area contributed by atoms with E-state index in [2.05, 4.69) is 46.2 Å². The molecule has 3 aromatic carbocycles. The maximum absolute atomic E-state index is 12.3. The number of hydrogen-bond donors (Lipinski definition) is 4. The number of aromatic hydroxyl groups is 1. The number of sulfone groups is 1. The summed E-state index contributed by atoms with van der Waals surface area (Å²) in [5, 5.41) is 51.5. The Morgan fingerprint density at radius 2 is 1.67 bits per heavy atom. The number of anilines is 2. The molecule has 49 heavy (non-hydrogen) atoms. The molecule has 0 fully saturated rings. The van der Waals surface area contributed by atoms with Gasteiger partial charge in [0.05, 0.1) is 63.9 Å². The van der Waals surface area contributed by atoms with Crippen LogP contribution in [0.15, 0.2) is 73.3 Å². The fourth-order valence-corrected chi connectivity index (χ4v) is 5.61. The van der Waals surface area contributed by atoms with Gasteiger partial charge in [-0.3, -0.25) is 10.1 Å². The van der Waals surface area contributed by atoms with Crippen molar-refractivity contribution in [1.82, 2.24) is 5.32 Å². The predicted molar refractivity (Wildman–Crippen MR) is 156 cm³/mol. The molecule has 0 aliphatic carbocycles. The first-order valence-electron chi connectivity index (χ1n) is 12.1. The van der Waals surface area contributed by atoms with Crippen molar-refractivity contribution >= 4 is 83.6 Å². The first-order chi connectivity index (χ1) is 21.8. The number of urea groups is 1. The van der Waals surface area contributed by atoms with Gasteiger partial charge >= 0.3 is 94.7 Å². The Kier molecular flexibility index (Phi) is 22.9. The van der Waals surface area contributed by atoms with E-state index in [9.17, 15) is 41.8 Å². The van der Waals surface area contributed by atoms with Crippen molar-refractivity contribution in [3.63, 3.8) is 0 Å². The molecular weight excluding hydrogens is 768 g/mol. The Morgan fingerprint density at radius 1 is 1.00 bits per heavy atom. The molecule has 2 amide bonds. The number of hydrogen-bond acceptors (Lipinski definition) is 19. The van der Waals surface area contributed by atoms with Crippen LogP contribution in [0.3, 0.4) is 0 Å². The average molecular weight is 790 g/mol. The van der Waals surface area contributed by atoms with E-state index in [1.54, 1.807) is 0 Å². The van der Waals surface area contributed by atoms with Gasteiger partial charge in [-0.1, -0.05) is 6.58 Å². The molecular formula is C23H22N5Na3O14S4. The first-order valence-corrected chi connectivity index (χ1v) is 16.7. The summed E-state index contributed by atoms with van der Waals surface area (Å²) >= 11 is 0.747. The molecule has 0 unspecified atom stereocenters. The number of phenolic OH excluding ortho intramolecular Hbond substituents is 1. The van der Waals surface area contributed by atoms with Gasteiger partial charge in [0.15, 0.2) is 9.84 Å². The number of fused-ring (bicyclic) bond motifs is 1. The minimum Gasteiger partial charge on any atom is -0.744 e. The van der Waals surface area contributed by atoms with Crippen LogP contribution in [0, 0.1) is 0 Å². The zero-order valence-corrected chi connectivity index (χ0v) is 35.2. The van der Waals surface area contributed by atoms with E-state index in [1.807, 2.05) is 0 Å². The van der Waals surface area contributed by atoms with Gasteiger partial charge in [-0.2, -0.15) is 8.67 Å². The van der Waals surface area contributed by atoms with Gasteiger partial charge < -0.3 is 41.3 Å². The molecule has 250 valence electrons. The maximum Gasteiger partial charge on any atom is 1.00 e. The third-order valence-electron chi connectivity index (χ3n) is 5.52. The molecule has 3 aromatic rings. The van der Waals surface area contributed by atoms with Crippen LogP contribution in [0.5, 0.6) is 5.75 Å². The Labute approximate surface area is 354 Å². The second kappa shape index (κ2) is 23.2. The summed E-state index contributed by atoms with van der Waals surface area (Å²) in [4.78, 5) is 11.5. The van der Waals surface area contributed by atoms with Crippen molar-refractivity contribution in [2.24, 2.45) is 10.2 Å². The van der Waals surface area contributed by atoms with Crippen molar-refractivity contribution < 1.29 is 154 Å². The number of amides is 2. The van der Waals surface area contributed by atoms with Crippen LogP contribution in [-0.4, -0.2) is 58.0 Å². The Morgan fingerprint density at radius 3 is 2.31 bits per heavy atom. The third kappa shape index (κ3) is 15.1. The fraction of sp³-hybridized carbons (Fsp3) is 0.174. The van der Waals surface area contributed by atoms with Crippen LogP contribution in [0.2, 0.25) is 0 Å². The smallest absolute Gasteiger partial charge is 0.744 e. The zero-order valence-electron chi connectivity index (χ0n) is 25.9. The van der Waals surface area contributed by atoms with E-state index < -0.39 is 48.0 Å². The number of carbonyl (C=O) groups excluding carboxylic acids is 1. The van der Waals surface area contributed by atoms with Crippen LogP contribution >= 0.6 is 24.1 Å². The number of nitrogens with two attached hydrogens (primary N) is 1. The molecule has 0 saturated heterocycles. The van der Waals surface area contributed by atoms with Gasteiger partial charge in [0.1, 0.15) is 27.2 Å². The number of carbonyl (C=O) groups is 1. The van der Waals surface area contributed by atoms with Gasteiger partial charge in [0.2, 0.25) is 0 Å². The molecule has 0 aromatic heterocycles. The molecule has 26 heteroatoms. The van der Waals surface area contributed by atoms with Gasteiger partial charge in [-0.15, -0.1) is 10.2 Å². The van der Waals surface area contributed by atoms with E-state index in [0.29, 0.717) is 24.1 Å². The number of benzene rings is 3. The minimum absolute atomic E-state index is 0. The van der Waals surface area contributed by atoms with Crippen molar-refractivity contribution in [2.45, 2.75) is 14.7 Å². The molecule has 5 N–H and O–H groups in total. The van der Waals surface area contributed by atoms with Gasteiger partial charge in [0.25, 0.3) is 0 Å². The van der Waals surface area contributed by atoms with Gasteiger partial charge in [-0.25, -0.2) is 21.6 Å². The number of nitrogen functional groups attached to an aromatic ring is 1. The molecule has 19 nitrogen and oxygen atoms in total. The number of rotatable bonds is 17. The number of ether oxygens (including phenoxy) is 1. The molecule has 0 heterocycles. The SMILES string of the molecule is C=CS(=O)(=O)CCOCCNC(=O)Nc1ccc(N=Nc2c(N)c(S(=O)(=O)[O-])cc3cc(SOO[O-])cc(O)c23)c(SOO[O-])c1.[Na+].[Na+].[Na+]. The average Bonchev–Trinajstić information content (AvgIpc) is 3.00. The van der Waals surface area contributed by atoms with E-state index in [4.69, 9.17) is 10.5 Å². The standard InChI is InChI=1S/C23H25N5O14S4.3Na/c1-2-45(33,34)8-7-38-6-5-25-23(30)26-14-3-4-16(18(11-14)44-42-40-32)27-28-22-20-13(10-19(21(22)24)46(35,36)37)9-15(12-17(20)29)43-41-39-31;;;/h2-4,9-12,29,31-32H,1,5-8,24H2,(H2,25,26,30)(H,35,36,37);;;/q;3*+1/p-3. The van der Waals surface area contributed by atoms with E-state index in [0.717, 1.165) is 17.5 Å². The van der Waals surface area contributed by atoms with Crippen molar-refractivity contribution in [3.05, 3.63) is 48.4 Å². The topological polar surface area (TPSA) is 296 Å². The Hall–Kier alpha value is -0.590. The number of phenols is 1. The second-order valence-electron chi connectivity index (χ2n) is 8.48. The summed E-state index contributed by atoms with van der Waals surface area (Å²) < 4.78 is 72.2. The number of nitrogens with one attached hydrogen (secondary N) is 2. The van der Waals surface area contributed by atoms with Crippen LogP contribution in [0.1, 0.15) is 0 Å². The van der Waals surface area contributed by atoms with Gasteiger partial charge in [-0.05, 0) is 41.8 Å². The summed E-state index contributed by atoms with van der Waals surface area (Å²) in [5.74, 6) is -0.773. The van der Waals surface area contributed by atoms with Crippen molar-refractivity contribution in [2.75, 3.05) is 36.6 Å². The first kappa shape index (κ1) is 48.4. The summed E-state index contributed by atoms with van der Waals surface area (Å²) in [6.45, 7) is 3.14. The van der Waals surface area contributed by atoms with E-state index in [-0.39, 0.29) is 146 Å². The zero-order chi connectivity index (χ0) is 33.9. The molecule has 3 rings (SSSR count). The Bertz CT molecular complexity index is 1840. The van der Waals surface area contributed by atoms with Crippen LogP contribution in [0.25, 0.3) is 10.8 Å². The molecule has 0 saturated carbocycles. The number of azo groups is 1.